The average molecular weight is 220 g/mol. The summed E-state index contributed by atoms with van der Waals surface area (Å²) in [4.78, 5) is 11.3. The van der Waals surface area contributed by atoms with E-state index >= 15 is 0 Å². The molecule has 16 heavy (non-hydrogen) atoms. The van der Waals surface area contributed by atoms with Crippen molar-refractivity contribution in [3.05, 3.63) is 35.9 Å². The van der Waals surface area contributed by atoms with E-state index in [1.54, 1.807) is 0 Å². The first kappa shape index (κ1) is 11.0. The number of cyclic esters (lactones) is 2. The molecule has 0 aromatic heterocycles. The van der Waals surface area contributed by atoms with Crippen LogP contribution in [0.4, 0.5) is 4.79 Å². The zero-order chi connectivity index (χ0) is 11.2. The molecule has 1 atom stereocenters. The molecule has 86 valence electrons. The van der Waals surface area contributed by atoms with Crippen LogP contribution < -0.4 is 0 Å². The third-order valence-electron chi connectivity index (χ3n) is 2.74. The highest BCUT2D eigenvalue weighted by atomic mass is 16.7. The zero-order valence-electron chi connectivity index (χ0n) is 9.22. The summed E-state index contributed by atoms with van der Waals surface area (Å²) in [5, 5.41) is 0. The van der Waals surface area contributed by atoms with Gasteiger partial charge in [-0.05, 0) is 31.2 Å². The molecule has 0 N–H and O–H groups in total. The number of benzene rings is 1. The van der Waals surface area contributed by atoms with Crippen LogP contribution in [0, 0.1) is 0 Å². The van der Waals surface area contributed by atoms with Gasteiger partial charge < -0.3 is 9.47 Å². The lowest BCUT2D eigenvalue weighted by atomic mass is 10.0. The van der Waals surface area contributed by atoms with Crippen LogP contribution in [0.15, 0.2) is 30.3 Å². The minimum Gasteiger partial charge on any atom is -0.434 e. The Morgan fingerprint density at radius 1 is 1.06 bits per heavy atom. The van der Waals surface area contributed by atoms with Crippen molar-refractivity contribution in [1.82, 2.24) is 0 Å². The largest absolute Gasteiger partial charge is 0.508 e. The second-order valence-electron chi connectivity index (χ2n) is 3.96. The predicted molar refractivity (Wildman–Crippen MR) is 60.1 cm³/mol. The second-order valence-corrected chi connectivity index (χ2v) is 3.96. The van der Waals surface area contributed by atoms with E-state index in [9.17, 15) is 4.79 Å². The van der Waals surface area contributed by atoms with Gasteiger partial charge in [-0.1, -0.05) is 30.3 Å². The first-order chi connectivity index (χ1) is 7.86. The van der Waals surface area contributed by atoms with Gasteiger partial charge in [0.1, 0.15) is 6.10 Å². The van der Waals surface area contributed by atoms with E-state index in [4.69, 9.17) is 9.47 Å². The maximum atomic E-state index is 11.3. The summed E-state index contributed by atoms with van der Waals surface area (Å²) in [5.74, 6) is 0. The van der Waals surface area contributed by atoms with Gasteiger partial charge in [-0.15, -0.1) is 0 Å². The van der Waals surface area contributed by atoms with Crippen LogP contribution in [0.5, 0.6) is 0 Å². The van der Waals surface area contributed by atoms with Gasteiger partial charge in [-0.3, -0.25) is 0 Å². The van der Waals surface area contributed by atoms with Gasteiger partial charge >= 0.3 is 6.16 Å². The highest BCUT2D eigenvalue weighted by Crippen LogP contribution is 2.25. The van der Waals surface area contributed by atoms with Gasteiger partial charge in [0.25, 0.3) is 0 Å². The number of hydrogen-bond acceptors (Lipinski definition) is 3. The van der Waals surface area contributed by atoms with E-state index in [-0.39, 0.29) is 6.10 Å². The Morgan fingerprint density at radius 2 is 1.88 bits per heavy atom. The van der Waals surface area contributed by atoms with Gasteiger partial charge in [-0.2, -0.15) is 0 Å². The predicted octanol–water partition coefficient (Wildman–Crippen LogP) is 3.45. The molecule has 3 nitrogen and oxygen atoms in total. The monoisotopic (exact) mass is 220 g/mol. The Morgan fingerprint density at radius 3 is 2.69 bits per heavy atom. The van der Waals surface area contributed by atoms with E-state index in [0.29, 0.717) is 6.61 Å². The summed E-state index contributed by atoms with van der Waals surface area (Å²) in [7, 11) is 0. The summed E-state index contributed by atoms with van der Waals surface area (Å²) in [5.41, 5.74) is 1.04. The van der Waals surface area contributed by atoms with E-state index in [1.165, 1.54) is 0 Å². The standard InChI is InChI=1S/C13H16O3/c14-13-15-10-6-2-5-9-12(16-13)11-7-3-1-4-8-11/h1,3-4,7-8,12H,2,5-6,9-10H2. The first-order valence-electron chi connectivity index (χ1n) is 5.74. The molecule has 0 saturated carbocycles. The molecular formula is C13H16O3. The third-order valence-corrected chi connectivity index (χ3v) is 2.74. The summed E-state index contributed by atoms with van der Waals surface area (Å²) in [6, 6.07) is 9.83. The minimum absolute atomic E-state index is 0.160. The number of carbonyl (C=O) groups excluding carboxylic acids is 1. The van der Waals surface area contributed by atoms with E-state index < -0.39 is 6.16 Å². The molecular weight excluding hydrogens is 204 g/mol. The number of rotatable bonds is 1. The molecule has 2 rings (SSSR count). The molecule has 3 heteroatoms. The maximum Gasteiger partial charge on any atom is 0.508 e. The van der Waals surface area contributed by atoms with Crippen molar-refractivity contribution in [2.75, 3.05) is 6.61 Å². The molecule has 1 heterocycles. The molecule has 1 aromatic carbocycles. The van der Waals surface area contributed by atoms with Gasteiger partial charge in [0.2, 0.25) is 0 Å². The lowest BCUT2D eigenvalue weighted by Crippen LogP contribution is -2.12. The lowest BCUT2D eigenvalue weighted by Gasteiger charge is -2.16. The molecule has 0 spiro atoms. The molecule has 1 aliphatic heterocycles. The number of ether oxygens (including phenoxy) is 2. The fourth-order valence-electron chi connectivity index (χ4n) is 1.88. The van der Waals surface area contributed by atoms with Gasteiger partial charge in [0, 0.05) is 0 Å². The van der Waals surface area contributed by atoms with Crippen molar-refractivity contribution in [1.29, 1.82) is 0 Å². The van der Waals surface area contributed by atoms with Gasteiger partial charge in [0.15, 0.2) is 0 Å². The van der Waals surface area contributed by atoms with Crippen LogP contribution in [0.3, 0.4) is 0 Å². The third kappa shape index (κ3) is 2.99. The average Bonchev–Trinajstić information content (AvgIpc) is 2.42. The molecule has 1 aliphatic rings. The highest BCUT2D eigenvalue weighted by Gasteiger charge is 2.18. The Kier molecular flexibility index (Phi) is 3.81. The van der Waals surface area contributed by atoms with Crippen molar-refractivity contribution < 1.29 is 14.3 Å². The molecule has 1 unspecified atom stereocenters. The maximum absolute atomic E-state index is 11.3. The minimum atomic E-state index is -0.546. The molecule has 0 aliphatic carbocycles. The van der Waals surface area contributed by atoms with E-state index in [0.717, 1.165) is 31.2 Å². The van der Waals surface area contributed by atoms with Crippen molar-refractivity contribution in [2.45, 2.75) is 31.8 Å². The van der Waals surface area contributed by atoms with Crippen molar-refractivity contribution in [3.63, 3.8) is 0 Å². The molecule has 0 radical (unpaired) electrons. The number of carbonyl (C=O) groups is 1. The quantitative estimate of drug-likeness (QED) is 0.680. The van der Waals surface area contributed by atoms with Gasteiger partial charge in [-0.25, -0.2) is 4.79 Å². The molecule has 1 aromatic rings. The topological polar surface area (TPSA) is 35.5 Å². The zero-order valence-corrected chi connectivity index (χ0v) is 9.22. The lowest BCUT2D eigenvalue weighted by molar-refractivity contribution is 0.0242. The van der Waals surface area contributed by atoms with Crippen LogP contribution in [-0.4, -0.2) is 12.8 Å². The summed E-state index contributed by atoms with van der Waals surface area (Å²) in [6.45, 7) is 0.473. The van der Waals surface area contributed by atoms with Crippen LogP contribution in [0.25, 0.3) is 0 Å². The first-order valence-corrected chi connectivity index (χ1v) is 5.74. The fraction of sp³-hybridized carbons (Fsp3) is 0.462. The van der Waals surface area contributed by atoms with Crippen molar-refractivity contribution in [2.24, 2.45) is 0 Å². The van der Waals surface area contributed by atoms with Crippen molar-refractivity contribution in [3.8, 4) is 0 Å². The second kappa shape index (κ2) is 5.54. The smallest absolute Gasteiger partial charge is 0.434 e. The van der Waals surface area contributed by atoms with Crippen LogP contribution in [0.2, 0.25) is 0 Å². The van der Waals surface area contributed by atoms with Gasteiger partial charge in [0.05, 0.1) is 6.61 Å². The SMILES string of the molecule is O=C1OCCCCCC(c2ccccc2)O1. The summed E-state index contributed by atoms with van der Waals surface area (Å²) >= 11 is 0. The normalized spacial score (nSPS) is 22.2. The van der Waals surface area contributed by atoms with E-state index in [2.05, 4.69) is 0 Å². The molecule has 0 bridgehead atoms. The highest BCUT2D eigenvalue weighted by molar-refractivity contribution is 5.60. The molecule has 1 fully saturated rings. The molecule has 0 amide bonds. The van der Waals surface area contributed by atoms with Crippen LogP contribution >= 0.6 is 0 Å². The number of hydrogen-bond donors (Lipinski definition) is 0. The Bertz CT molecular complexity index is 334. The van der Waals surface area contributed by atoms with Crippen LogP contribution in [0.1, 0.15) is 37.4 Å². The van der Waals surface area contributed by atoms with E-state index in [1.807, 2.05) is 30.3 Å². The summed E-state index contributed by atoms with van der Waals surface area (Å²) < 4.78 is 10.2. The van der Waals surface area contributed by atoms with Crippen molar-refractivity contribution >= 4 is 6.16 Å². The Hall–Kier alpha value is -1.51. The fourth-order valence-corrected chi connectivity index (χ4v) is 1.88. The Balaban J connectivity index is 2.08. The summed E-state index contributed by atoms with van der Waals surface area (Å²) in [6.07, 6.45) is 3.24. The van der Waals surface area contributed by atoms with Crippen LogP contribution in [-0.2, 0) is 9.47 Å². The molecule has 1 saturated heterocycles. The Labute approximate surface area is 95.4 Å².